The van der Waals surface area contributed by atoms with Crippen LogP contribution >= 0.6 is 49.9 Å². The van der Waals surface area contributed by atoms with Crippen molar-refractivity contribution in [3.05, 3.63) is 97.8 Å². The maximum absolute atomic E-state index is 13.2. The maximum atomic E-state index is 13.2. The van der Waals surface area contributed by atoms with E-state index in [1.807, 2.05) is 60.0 Å². The molecule has 1 atom stereocenters. The first kappa shape index (κ1) is 25.0. The summed E-state index contributed by atoms with van der Waals surface area (Å²) < 4.78 is 30.5. The minimum atomic E-state index is -3.91. The minimum Gasteiger partial charge on any atom is -0.301 e. The van der Waals surface area contributed by atoms with E-state index < -0.39 is 22.0 Å². The number of thiazole rings is 1. The molecule has 1 amide bonds. The van der Waals surface area contributed by atoms with E-state index >= 15 is 0 Å². The zero-order valence-corrected chi connectivity index (χ0v) is 23.0. The number of benzene rings is 3. The normalized spacial score (nSPS) is 12.3. The van der Waals surface area contributed by atoms with Crippen LogP contribution in [0.2, 0.25) is 0 Å². The topological polar surface area (TPSA) is 88.2 Å². The molecule has 4 aromatic rings. The van der Waals surface area contributed by atoms with Gasteiger partial charge < -0.3 is 5.32 Å². The highest BCUT2D eigenvalue weighted by Crippen LogP contribution is 2.26. The number of carbonyl (C=O) groups excluding carboxylic acids is 1. The molecule has 1 heterocycles. The average Bonchev–Trinajstić information content (AvgIpc) is 3.28. The lowest BCUT2D eigenvalue weighted by Gasteiger charge is -2.18. The molecule has 3 aromatic carbocycles. The van der Waals surface area contributed by atoms with E-state index in [1.165, 1.54) is 23.5 Å². The largest absolute Gasteiger partial charge is 0.301 e. The first-order valence-corrected chi connectivity index (χ1v) is 14.4. The van der Waals surface area contributed by atoms with E-state index in [9.17, 15) is 13.2 Å². The Kier molecular flexibility index (Phi) is 8.14. The van der Waals surface area contributed by atoms with Gasteiger partial charge in [0.05, 0.1) is 10.6 Å². The van der Waals surface area contributed by atoms with Crippen LogP contribution in [0.5, 0.6) is 0 Å². The van der Waals surface area contributed by atoms with Gasteiger partial charge >= 0.3 is 0 Å². The summed E-state index contributed by atoms with van der Waals surface area (Å²) in [5, 5.41) is 5.02. The lowest BCUT2D eigenvalue weighted by molar-refractivity contribution is -0.117. The van der Waals surface area contributed by atoms with E-state index in [1.54, 1.807) is 12.1 Å². The highest BCUT2D eigenvalue weighted by Gasteiger charge is 2.27. The third-order valence-electron chi connectivity index (χ3n) is 4.89. The average molecular weight is 668 g/mol. The SMILES string of the molecule is O=C(Nc1nc(-c2ccc(Br)cc2)cs1)[C@H](Cc1ccccc1)NS(=O)(=O)c1ccc(I)cc1. The second-order valence-corrected chi connectivity index (χ2v) is 12.1. The Morgan fingerprint density at radius 2 is 1.68 bits per heavy atom. The Labute approximate surface area is 224 Å². The minimum absolute atomic E-state index is 0.102. The second kappa shape index (κ2) is 11.1. The molecule has 0 radical (unpaired) electrons. The number of rotatable bonds is 8. The molecule has 0 spiro atoms. The molecule has 0 bridgehead atoms. The number of carbonyl (C=O) groups is 1. The van der Waals surface area contributed by atoms with E-state index in [2.05, 4.69) is 53.5 Å². The summed E-state index contributed by atoms with van der Waals surface area (Å²) in [7, 11) is -3.91. The molecule has 1 aromatic heterocycles. The molecule has 0 fully saturated rings. The predicted octanol–water partition coefficient (Wildman–Crippen LogP) is 5.71. The highest BCUT2D eigenvalue weighted by molar-refractivity contribution is 14.1. The van der Waals surface area contributed by atoms with Crippen LogP contribution in [0.4, 0.5) is 5.13 Å². The Bertz CT molecular complexity index is 1380. The van der Waals surface area contributed by atoms with Gasteiger partial charge in [0.15, 0.2) is 5.13 Å². The second-order valence-electron chi connectivity index (χ2n) is 7.35. The molecule has 0 saturated heterocycles. The van der Waals surface area contributed by atoms with Crippen molar-refractivity contribution < 1.29 is 13.2 Å². The van der Waals surface area contributed by atoms with Crippen molar-refractivity contribution in [1.29, 1.82) is 0 Å². The molecule has 0 aliphatic rings. The van der Waals surface area contributed by atoms with Crippen molar-refractivity contribution in [2.24, 2.45) is 0 Å². The number of halogens is 2. The quantitative estimate of drug-likeness (QED) is 0.236. The van der Waals surface area contributed by atoms with Gasteiger partial charge in [0.25, 0.3) is 0 Å². The van der Waals surface area contributed by atoms with Gasteiger partial charge in [-0.25, -0.2) is 13.4 Å². The summed E-state index contributed by atoms with van der Waals surface area (Å²) in [4.78, 5) is 17.8. The number of amides is 1. The molecular formula is C24H19BrIN3O3S2. The molecule has 0 unspecified atom stereocenters. The van der Waals surface area contributed by atoms with Crippen LogP contribution in [0.3, 0.4) is 0 Å². The maximum Gasteiger partial charge on any atom is 0.244 e. The van der Waals surface area contributed by atoms with Gasteiger partial charge in [-0.3, -0.25) is 4.79 Å². The first-order chi connectivity index (χ1) is 16.3. The van der Waals surface area contributed by atoms with Crippen molar-refractivity contribution in [1.82, 2.24) is 9.71 Å². The van der Waals surface area contributed by atoms with Gasteiger partial charge in [-0.05, 0) is 71.0 Å². The Morgan fingerprint density at radius 3 is 2.35 bits per heavy atom. The van der Waals surface area contributed by atoms with Crippen LogP contribution in [0.25, 0.3) is 11.3 Å². The van der Waals surface area contributed by atoms with Crippen LogP contribution in [0.15, 0.2) is 93.6 Å². The van der Waals surface area contributed by atoms with Crippen molar-refractivity contribution >= 4 is 70.9 Å². The van der Waals surface area contributed by atoms with Crippen molar-refractivity contribution in [3.63, 3.8) is 0 Å². The van der Waals surface area contributed by atoms with Gasteiger partial charge in [-0.2, -0.15) is 4.72 Å². The van der Waals surface area contributed by atoms with E-state index in [4.69, 9.17) is 0 Å². The predicted molar refractivity (Wildman–Crippen MR) is 147 cm³/mol. The number of anilines is 1. The van der Waals surface area contributed by atoms with E-state index in [-0.39, 0.29) is 11.3 Å². The molecule has 34 heavy (non-hydrogen) atoms. The number of sulfonamides is 1. The molecule has 174 valence electrons. The van der Waals surface area contributed by atoms with Crippen LogP contribution < -0.4 is 10.0 Å². The summed E-state index contributed by atoms with van der Waals surface area (Å²) in [5.74, 6) is -0.477. The number of aromatic nitrogens is 1. The number of nitrogens with zero attached hydrogens (tertiary/aromatic N) is 1. The molecule has 6 nitrogen and oxygen atoms in total. The van der Waals surface area contributed by atoms with Crippen LogP contribution in [0, 0.1) is 3.57 Å². The van der Waals surface area contributed by atoms with E-state index in [0.717, 1.165) is 24.9 Å². The third kappa shape index (κ3) is 6.51. The van der Waals surface area contributed by atoms with Gasteiger partial charge in [-0.15, -0.1) is 11.3 Å². The standard InChI is InChI=1S/C24H19BrIN3O3S2/c25-18-8-6-17(7-9-18)22-15-33-24(27-22)28-23(30)21(14-16-4-2-1-3-5-16)29-34(31,32)20-12-10-19(26)11-13-20/h1-13,15,21,29H,14H2,(H,27,28,30)/t21-/m0/s1. The Morgan fingerprint density at radius 1 is 1.00 bits per heavy atom. The molecular weight excluding hydrogens is 649 g/mol. The fourth-order valence-electron chi connectivity index (χ4n) is 3.18. The summed E-state index contributed by atoms with van der Waals surface area (Å²) in [6.45, 7) is 0. The monoisotopic (exact) mass is 667 g/mol. The number of hydrogen-bond acceptors (Lipinski definition) is 5. The summed E-state index contributed by atoms with van der Waals surface area (Å²) >= 11 is 6.80. The van der Waals surface area contributed by atoms with Gasteiger partial charge in [0, 0.05) is 19.0 Å². The van der Waals surface area contributed by atoms with Gasteiger partial charge in [0.1, 0.15) is 6.04 Å². The lowest BCUT2D eigenvalue weighted by atomic mass is 10.1. The van der Waals surface area contributed by atoms with Gasteiger partial charge in [-0.1, -0.05) is 58.4 Å². The number of nitrogens with one attached hydrogen (secondary N) is 2. The van der Waals surface area contributed by atoms with Crippen molar-refractivity contribution in [3.8, 4) is 11.3 Å². The van der Waals surface area contributed by atoms with Crippen molar-refractivity contribution in [2.45, 2.75) is 17.4 Å². The van der Waals surface area contributed by atoms with Gasteiger partial charge in [0.2, 0.25) is 15.9 Å². The Balaban J connectivity index is 1.55. The first-order valence-electron chi connectivity index (χ1n) is 10.1. The highest BCUT2D eigenvalue weighted by atomic mass is 127. The number of hydrogen-bond donors (Lipinski definition) is 2. The Hall–Kier alpha value is -2.12. The molecule has 0 aliphatic heterocycles. The summed E-state index contributed by atoms with van der Waals surface area (Å²) in [5.41, 5.74) is 2.48. The molecule has 0 aliphatic carbocycles. The van der Waals surface area contributed by atoms with Crippen LogP contribution in [-0.2, 0) is 21.2 Å². The summed E-state index contributed by atoms with van der Waals surface area (Å²) in [6.07, 6.45) is 0.196. The molecule has 10 heteroatoms. The smallest absolute Gasteiger partial charge is 0.244 e. The molecule has 4 rings (SSSR count). The fourth-order valence-corrected chi connectivity index (χ4v) is 5.73. The van der Waals surface area contributed by atoms with E-state index in [0.29, 0.717) is 5.13 Å². The fraction of sp³-hybridized carbons (Fsp3) is 0.0833. The lowest BCUT2D eigenvalue weighted by Crippen LogP contribution is -2.45. The molecule has 2 N–H and O–H groups in total. The van der Waals surface area contributed by atoms with Crippen LogP contribution in [0.1, 0.15) is 5.56 Å². The van der Waals surface area contributed by atoms with Crippen molar-refractivity contribution in [2.75, 3.05) is 5.32 Å². The molecule has 0 saturated carbocycles. The third-order valence-corrected chi connectivity index (χ3v) is 8.39. The summed E-state index contributed by atoms with van der Waals surface area (Å²) in [6, 6.07) is 22.4. The van der Waals surface area contributed by atoms with Crippen LogP contribution in [-0.4, -0.2) is 25.4 Å². The zero-order valence-electron chi connectivity index (χ0n) is 17.6. The zero-order chi connectivity index (χ0) is 24.1.